The Labute approximate surface area is 179 Å². The van der Waals surface area contributed by atoms with Crippen LogP contribution in [0.15, 0.2) is 30.4 Å². The molecule has 5 rings (SSSR count). The second-order valence-electron chi connectivity index (χ2n) is 8.64. The number of fused-ring (bicyclic) bond motifs is 5. The topological polar surface area (TPSA) is 66.5 Å². The summed E-state index contributed by atoms with van der Waals surface area (Å²) in [4.78, 5) is 40.2. The molecule has 3 fully saturated rings. The number of halogens is 2. The Hall–Kier alpha value is -1.85. The smallest absolute Gasteiger partial charge is 0.233 e. The van der Waals surface area contributed by atoms with Crippen molar-refractivity contribution in [2.75, 3.05) is 5.32 Å². The second kappa shape index (κ2) is 7.13. The van der Waals surface area contributed by atoms with Gasteiger partial charge in [0.1, 0.15) is 0 Å². The van der Waals surface area contributed by atoms with Crippen molar-refractivity contribution < 1.29 is 14.4 Å². The van der Waals surface area contributed by atoms with Crippen LogP contribution in [0.5, 0.6) is 0 Å². The second-order valence-corrected chi connectivity index (χ2v) is 9.43. The largest absolute Gasteiger partial charge is 0.324 e. The monoisotopic (exact) mass is 432 g/mol. The quantitative estimate of drug-likeness (QED) is 0.571. The van der Waals surface area contributed by atoms with Gasteiger partial charge in [0.05, 0.1) is 27.6 Å². The molecule has 1 heterocycles. The first-order valence-electron chi connectivity index (χ1n) is 10.3. The van der Waals surface area contributed by atoms with Crippen LogP contribution in [-0.2, 0) is 14.4 Å². The highest BCUT2D eigenvalue weighted by Gasteiger charge is 2.60. The number of likely N-dealkylation sites (tertiary alicyclic amines) is 1. The first-order valence-corrected chi connectivity index (χ1v) is 11.0. The number of nitrogens with one attached hydrogen (secondary N) is 1. The van der Waals surface area contributed by atoms with Crippen molar-refractivity contribution in [1.29, 1.82) is 0 Å². The van der Waals surface area contributed by atoms with E-state index in [-0.39, 0.29) is 53.4 Å². The summed E-state index contributed by atoms with van der Waals surface area (Å²) in [5, 5.41) is 3.59. The van der Waals surface area contributed by atoms with Crippen molar-refractivity contribution in [1.82, 2.24) is 4.90 Å². The van der Waals surface area contributed by atoms with E-state index >= 15 is 0 Å². The minimum absolute atomic E-state index is 0.00969. The third-order valence-electron chi connectivity index (χ3n) is 7.15. The molecular weight excluding hydrogens is 411 g/mol. The average molecular weight is 433 g/mol. The molecule has 1 aliphatic heterocycles. The third-order valence-corrected chi connectivity index (χ3v) is 7.97. The van der Waals surface area contributed by atoms with Gasteiger partial charge in [-0.15, -0.1) is 0 Å². The minimum atomic E-state index is -0.161. The summed E-state index contributed by atoms with van der Waals surface area (Å²) in [5.41, 5.74) is 0.506. The highest BCUT2D eigenvalue weighted by molar-refractivity contribution is 6.44. The van der Waals surface area contributed by atoms with Gasteiger partial charge in [-0.25, -0.2) is 0 Å². The van der Waals surface area contributed by atoms with E-state index in [2.05, 4.69) is 17.5 Å². The Kier molecular flexibility index (Phi) is 4.71. The fourth-order valence-corrected chi connectivity index (χ4v) is 6.06. The molecule has 0 radical (unpaired) electrons. The lowest BCUT2D eigenvalue weighted by atomic mass is 9.84. The fourth-order valence-electron chi connectivity index (χ4n) is 5.72. The zero-order valence-electron chi connectivity index (χ0n) is 15.8. The molecule has 1 saturated heterocycles. The molecule has 5 nitrogen and oxygen atoms in total. The normalized spacial score (nSPS) is 35.3. The molecule has 0 aromatic heterocycles. The van der Waals surface area contributed by atoms with Crippen molar-refractivity contribution in [3.63, 3.8) is 0 Å². The van der Waals surface area contributed by atoms with Crippen LogP contribution in [0.4, 0.5) is 5.69 Å². The molecule has 7 heteroatoms. The van der Waals surface area contributed by atoms with Crippen LogP contribution < -0.4 is 5.32 Å². The van der Waals surface area contributed by atoms with Gasteiger partial charge >= 0.3 is 0 Å². The Balaban J connectivity index is 1.22. The molecule has 1 aromatic carbocycles. The number of hydrogen-bond donors (Lipinski definition) is 1. The number of imide groups is 1. The van der Waals surface area contributed by atoms with Crippen LogP contribution in [-0.4, -0.2) is 28.7 Å². The van der Waals surface area contributed by atoms with E-state index in [1.807, 2.05) is 0 Å². The van der Waals surface area contributed by atoms with E-state index in [9.17, 15) is 14.4 Å². The zero-order valence-corrected chi connectivity index (χ0v) is 17.3. The highest BCUT2D eigenvalue weighted by atomic mass is 35.5. The van der Waals surface area contributed by atoms with E-state index in [4.69, 9.17) is 23.2 Å². The van der Waals surface area contributed by atoms with Crippen molar-refractivity contribution in [3.05, 3.63) is 40.4 Å². The maximum atomic E-state index is 13.0. The Morgan fingerprint density at radius 3 is 2.21 bits per heavy atom. The summed E-state index contributed by atoms with van der Waals surface area (Å²) < 4.78 is 0. The van der Waals surface area contributed by atoms with Gasteiger partial charge in [-0.05, 0) is 56.1 Å². The van der Waals surface area contributed by atoms with Crippen molar-refractivity contribution >= 4 is 46.6 Å². The maximum absolute atomic E-state index is 13.0. The Morgan fingerprint density at radius 2 is 1.59 bits per heavy atom. The van der Waals surface area contributed by atoms with Crippen LogP contribution in [0.3, 0.4) is 0 Å². The van der Waals surface area contributed by atoms with Gasteiger partial charge in [-0.3, -0.25) is 19.3 Å². The van der Waals surface area contributed by atoms with Gasteiger partial charge in [-0.1, -0.05) is 41.4 Å². The molecule has 3 amide bonds. The predicted octanol–water partition coefficient (Wildman–Crippen LogP) is 4.30. The number of nitrogens with zero attached hydrogens (tertiary/aromatic N) is 1. The maximum Gasteiger partial charge on any atom is 0.233 e. The van der Waals surface area contributed by atoms with Crippen molar-refractivity contribution in [2.24, 2.45) is 29.6 Å². The van der Waals surface area contributed by atoms with E-state index < -0.39 is 0 Å². The van der Waals surface area contributed by atoms with Crippen LogP contribution >= 0.6 is 23.2 Å². The van der Waals surface area contributed by atoms with Crippen LogP contribution in [0, 0.1) is 29.6 Å². The summed E-state index contributed by atoms with van der Waals surface area (Å²) in [6.07, 6.45) is 7.80. The zero-order chi connectivity index (χ0) is 20.3. The van der Waals surface area contributed by atoms with E-state index in [1.165, 1.54) is 0 Å². The molecule has 1 N–H and O–H groups in total. The van der Waals surface area contributed by atoms with Gasteiger partial charge in [0.25, 0.3) is 0 Å². The number of hydrogen-bond acceptors (Lipinski definition) is 3. The molecule has 4 aliphatic rings. The molecular formula is C22H22Cl2N2O3. The summed E-state index contributed by atoms with van der Waals surface area (Å²) in [6, 6.07) is 5.05. The van der Waals surface area contributed by atoms with Gasteiger partial charge in [0.2, 0.25) is 17.7 Å². The summed E-state index contributed by atoms with van der Waals surface area (Å²) in [7, 11) is 0. The molecule has 0 spiro atoms. The number of carbonyl (C=O) groups excluding carboxylic acids is 3. The van der Waals surface area contributed by atoms with Crippen LogP contribution in [0.2, 0.25) is 10.0 Å². The van der Waals surface area contributed by atoms with E-state index in [0.29, 0.717) is 41.4 Å². The molecule has 29 heavy (non-hydrogen) atoms. The molecule has 2 saturated carbocycles. The first kappa shape index (κ1) is 19.1. The van der Waals surface area contributed by atoms with E-state index in [0.717, 1.165) is 6.42 Å². The molecule has 4 atom stereocenters. The fraction of sp³-hybridized carbons (Fsp3) is 0.500. The molecule has 0 unspecified atom stereocenters. The third kappa shape index (κ3) is 3.01. The number of anilines is 1. The average Bonchev–Trinajstić information content (AvgIpc) is 3.39. The lowest BCUT2D eigenvalue weighted by Crippen LogP contribution is -2.44. The minimum Gasteiger partial charge on any atom is -0.324 e. The Morgan fingerprint density at radius 1 is 0.966 bits per heavy atom. The van der Waals surface area contributed by atoms with Gasteiger partial charge < -0.3 is 5.32 Å². The number of carbonyl (C=O) groups is 3. The number of benzene rings is 1. The Bertz CT molecular complexity index is 893. The summed E-state index contributed by atoms with van der Waals surface area (Å²) in [5.74, 6) is -0.0674. The first-order chi connectivity index (χ1) is 14.0. The molecule has 152 valence electrons. The number of allylic oxidation sites excluding steroid dienone is 2. The molecule has 1 aromatic rings. The summed E-state index contributed by atoms with van der Waals surface area (Å²) >= 11 is 12.2. The van der Waals surface area contributed by atoms with Crippen molar-refractivity contribution in [3.8, 4) is 0 Å². The van der Waals surface area contributed by atoms with Gasteiger partial charge in [-0.2, -0.15) is 0 Å². The van der Waals surface area contributed by atoms with Gasteiger partial charge in [0, 0.05) is 12.0 Å². The van der Waals surface area contributed by atoms with Crippen LogP contribution in [0.25, 0.3) is 0 Å². The molecule has 3 aliphatic carbocycles. The SMILES string of the molecule is O=C(Nc1cccc(Cl)c1Cl)C1CCC(N2C(=O)[C@@H]3[C@@H](C2=O)[C@H]2C=C[C@H]3C2)CC1. The van der Waals surface area contributed by atoms with E-state index in [1.54, 1.807) is 23.1 Å². The summed E-state index contributed by atoms with van der Waals surface area (Å²) in [6.45, 7) is 0. The molecule has 2 bridgehead atoms. The highest BCUT2D eigenvalue weighted by Crippen LogP contribution is 2.53. The standard InChI is InChI=1S/C22H22Cl2N2O3/c23-15-2-1-3-16(19(15)24)25-20(27)11-6-8-14(9-7-11)26-21(28)17-12-4-5-13(10-12)18(17)22(26)29/h1-5,11-14,17-18H,6-10H2,(H,25,27)/t11?,12-,13-,14?,17-,18-/m0/s1. The number of amides is 3. The predicted molar refractivity (Wildman–Crippen MR) is 110 cm³/mol. The number of rotatable bonds is 3. The van der Waals surface area contributed by atoms with Crippen molar-refractivity contribution in [2.45, 2.75) is 38.1 Å². The lowest BCUT2D eigenvalue weighted by Gasteiger charge is -2.33. The lowest BCUT2D eigenvalue weighted by molar-refractivity contribution is -0.144. The van der Waals surface area contributed by atoms with Gasteiger partial charge in [0.15, 0.2) is 0 Å². The van der Waals surface area contributed by atoms with Crippen LogP contribution in [0.1, 0.15) is 32.1 Å².